The molecular weight excluding hydrogens is 589 g/mol. The van der Waals surface area contributed by atoms with E-state index in [0.29, 0.717) is 36.8 Å². The number of nitrogen functional groups attached to an aromatic ring is 1. The van der Waals surface area contributed by atoms with Crippen molar-refractivity contribution in [3.8, 4) is 0 Å². The minimum atomic E-state index is -3.63. The third-order valence-corrected chi connectivity index (χ3v) is 7.49. The SMILES string of the molecule is CCOCC1CCC(n2cnc(C=O)c2NC(N)=NC)O1.Nc1ncnc2c1ccn2C1CCC(COP(O)(O)=S)O1. The van der Waals surface area contributed by atoms with Crippen molar-refractivity contribution in [2.75, 3.05) is 37.9 Å². The van der Waals surface area contributed by atoms with Gasteiger partial charge >= 0.3 is 6.72 Å². The number of carbonyl (C=O) groups is 1. The number of imidazole rings is 1. The Morgan fingerprint density at radius 3 is 2.52 bits per heavy atom. The number of nitrogens with one attached hydrogen (secondary N) is 1. The first-order chi connectivity index (χ1) is 20.1. The topological polar surface area (TPSA) is 219 Å². The Labute approximate surface area is 247 Å². The summed E-state index contributed by atoms with van der Waals surface area (Å²) < 4.78 is 25.6. The van der Waals surface area contributed by atoms with Crippen molar-refractivity contribution >= 4 is 53.4 Å². The lowest BCUT2D eigenvalue weighted by Crippen LogP contribution is -2.25. The summed E-state index contributed by atoms with van der Waals surface area (Å²) in [6, 6.07) is 1.85. The monoisotopic (exact) mass is 625 g/mol. The lowest BCUT2D eigenvalue weighted by Gasteiger charge is -2.18. The van der Waals surface area contributed by atoms with Gasteiger partial charge < -0.3 is 49.9 Å². The third-order valence-electron chi connectivity index (χ3n) is 6.69. The second-order valence-corrected chi connectivity index (χ2v) is 12.1. The summed E-state index contributed by atoms with van der Waals surface area (Å²) in [6.45, 7) is -0.375. The molecule has 2 aliphatic heterocycles. The highest BCUT2D eigenvalue weighted by atomic mass is 32.5. The number of anilines is 2. The van der Waals surface area contributed by atoms with Gasteiger partial charge in [0, 0.05) is 19.9 Å². The smallest absolute Gasteiger partial charge is 0.321 e. The van der Waals surface area contributed by atoms with Gasteiger partial charge in [-0.2, -0.15) is 0 Å². The number of aliphatic imine (C=N–C) groups is 1. The maximum absolute atomic E-state index is 11.1. The quantitative estimate of drug-likeness (QED) is 0.0937. The molecule has 3 aromatic heterocycles. The summed E-state index contributed by atoms with van der Waals surface area (Å²) in [5.41, 5.74) is 12.5. The Morgan fingerprint density at radius 2 is 1.88 bits per heavy atom. The number of nitrogens with two attached hydrogens (primary N) is 2. The van der Waals surface area contributed by atoms with Gasteiger partial charge in [0.2, 0.25) is 0 Å². The van der Waals surface area contributed by atoms with Crippen molar-refractivity contribution in [1.29, 1.82) is 0 Å². The number of carbonyl (C=O) groups excluding carboxylic acids is 1. The fraction of sp³-hybridized carbons (Fsp3) is 0.542. The molecule has 230 valence electrons. The maximum atomic E-state index is 11.1. The molecule has 0 bridgehead atoms. The van der Waals surface area contributed by atoms with Crippen LogP contribution in [0.1, 0.15) is 55.6 Å². The lowest BCUT2D eigenvalue weighted by atomic mass is 10.2. The first-order valence-electron chi connectivity index (χ1n) is 13.3. The predicted molar refractivity (Wildman–Crippen MR) is 158 cm³/mol. The van der Waals surface area contributed by atoms with Crippen LogP contribution in [-0.4, -0.2) is 85.2 Å². The molecule has 7 N–H and O–H groups in total. The number of aromatic nitrogens is 5. The molecule has 0 spiro atoms. The van der Waals surface area contributed by atoms with Crippen LogP contribution in [0.2, 0.25) is 0 Å². The second-order valence-electron chi connectivity index (χ2n) is 9.48. The molecule has 5 rings (SSSR count). The molecule has 0 aromatic carbocycles. The highest BCUT2D eigenvalue weighted by molar-refractivity contribution is 8.06. The van der Waals surface area contributed by atoms with Gasteiger partial charge in [0.25, 0.3) is 0 Å². The van der Waals surface area contributed by atoms with E-state index >= 15 is 0 Å². The minimum absolute atomic E-state index is 0.0575. The zero-order chi connectivity index (χ0) is 30.3. The predicted octanol–water partition coefficient (Wildman–Crippen LogP) is 1.68. The van der Waals surface area contributed by atoms with Crippen LogP contribution in [-0.2, 0) is 30.5 Å². The highest BCUT2D eigenvalue weighted by Gasteiger charge is 2.30. The van der Waals surface area contributed by atoms with Gasteiger partial charge in [0.1, 0.15) is 41.8 Å². The molecule has 0 aliphatic carbocycles. The Hall–Kier alpha value is -3.02. The fourth-order valence-electron chi connectivity index (χ4n) is 4.67. The first kappa shape index (κ1) is 31.9. The molecule has 0 amide bonds. The largest absolute Gasteiger partial charge is 0.383 e. The molecule has 0 radical (unpaired) electrons. The molecule has 2 aliphatic rings. The van der Waals surface area contributed by atoms with Gasteiger partial charge in [-0.1, -0.05) is 0 Å². The molecule has 16 nitrogen and oxygen atoms in total. The number of rotatable bonds is 10. The van der Waals surface area contributed by atoms with E-state index in [0.717, 1.165) is 31.1 Å². The van der Waals surface area contributed by atoms with E-state index in [9.17, 15) is 4.79 Å². The second kappa shape index (κ2) is 14.4. The summed E-state index contributed by atoms with van der Waals surface area (Å²) >= 11 is 4.41. The van der Waals surface area contributed by atoms with E-state index < -0.39 is 6.72 Å². The van der Waals surface area contributed by atoms with Crippen molar-refractivity contribution in [3.05, 3.63) is 30.6 Å². The average molecular weight is 626 g/mol. The number of aldehydes is 1. The lowest BCUT2D eigenvalue weighted by molar-refractivity contribution is -0.0383. The molecule has 4 unspecified atom stereocenters. The summed E-state index contributed by atoms with van der Waals surface area (Å²) in [7, 11) is 1.56. The van der Waals surface area contributed by atoms with E-state index in [1.165, 1.54) is 6.33 Å². The molecule has 0 saturated carbocycles. The Bertz CT molecular complexity index is 1430. The van der Waals surface area contributed by atoms with Gasteiger partial charge in [-0.05, 0) is 50.5 Å². The first-order valence-corrected chi connectivity index (χ1v) is 15.9. The zero-order valence-corrected chi connectivity index (χ0v) is 25.0. The molecule has 42 heavy (non-hydrogen) atoms. The molecule has 3 aromatic rings. The average Bonchev–Trinajstić information content (AvgIpc) is 3.77. The zero-order valence-electron chi connectivity index (χ0n) is 23.3. The van der Waals surface area contributed by atoms with E-state index in [1.54, 1.807) is 17.9 Å². The standard InChI is InChI=1S/C13H21N5O3.C11H15N4O4PS/c1-3-20-7-9-4-5-11(21-9)18-8-16-10(6-19)12(18)17-13(14)15-2;12-10-8-3-4-15(11(8)14-6-13-10)9-2-1-7(19-9)5-18-20(16,17)21/h6,8-9,11H,3-5,7H2,1-2H3,(H3,14,15,17);3-4,6-7,9H,1-2,5H2,(H2,12,13,14)(H2,16,17,21). The molecule has 18 heteroatoms. The molecule has 4 atom stereocenters. The van der Waals surface area contributed by atoms with Crippen molar-refractivity contribution < 1.29 is 33.3 Å². The fourth-order valence-corrected chi connectivity index (χ4v) is 5.21. The molecule has 5 heterocycles. The van der Waals surface area contributed by atoms with Crippen LogP contribution in [0.15, 0.2) is 29.9 Å². The normalized spacial score (nSPS) is 22.7. The minimum Gasteiger partial charge on any atom is -0.383 e. The van der Waals surface area contributed by atoms with Gasteiger partial charge in [-0.25, -0.2) is 15.0 Å². The van der Waals surface area contributed by atoms with Crippen LogP contribution >= 0.6 is 6.72 Å². The van der Waals surface area contributed by atoms with Crippen LogP contribution in [0.5, 0.6) is 0 Å². The molecular formula is C24H36N9O7PS. The molecule has 2 saturated heterocycles. The van der Waals surface area contributed by atoms with E-state index in [-0.39, 0.29) is 42.9 Å². The van der Waals surface area contributed by atoms with Gasteiger partial charge in [0.05, 0.1) is 37.1 Å². The summed E-state index contributed by atoms with van der Waals surface area (Å²) in [5.74, 6) is 1.14. The Kier molecular flexibility index (Phi) is 11.0. The van der Waals surface area contributed by atoms with E-state index in [4.69, 9.17) is 40.0 Å². The van der Waals surface area contributed by atoms with Gasteiger partial charge in [-0.15, -0.1) is 0 Å². The maximum Gasteiger partial charge on any atom is 0.321 e. The van der Waals surface area contributed by atoms with Crippen molar-refractivity contribution in [2.24, 2.45) is 10.7 Å². The van der Waals surface area contributed by atoms with Crippen molar-refractivity contribution in [1.82, 2.24) is 24.1 Å². The van der Waals surface area contributed by atoms with Crippen LogP contribution < -0.4 is 16.8 Å². The van der Waals surface area contributed by atoms with E-state index in [2.05, 4.69) is 37.1 Å². The number of fused-ring (bicyclic) bond motifs is 1. The van der Waals surface area contributed by atoms with Gasteiger partial charge in [-0.3, -0.25) is 14.4 Å². The summed E-state index contributed by atoms with van der Waals surface area (Å²) in [6.07, 6.45) is 8.18. The van der Waals surface area contributed by atoms with Crippen molar-refractivity contribution in [3.63, 3.8) is 0 Å². The number of hydrogen-bond donors (Lipinski definition) is 5. The van der Waals surface area contributed by atoms with Gasteiger partial charge in [0.15, 0.2) is 12.2 Å². The van der Waals surface area contributed by atoms with E-state index in [1.807, 2.05) is 23.8 Å². The van der Waals surface area contributed by atoms with Crippen molar-refractivity contribution in [2.45, 2.75) is 57.3 Å². The number of ether oxygens (including phenoxy) is 3. The number of guanidine groups is 1. The highest BCUT2D eigenvalue weighted by Crippen LogP contribution is 2.39. The third kappa shape index (κ3) is 8.08. The molecule has 2 fully saturated rings. The van der Waals surface area contributed by atoms with Crippen LogP contribution in [0.25, 0.3) is 11.0 Å². The van der Waals surface area contributed by atoms with Crippen LogP contribution in [0.4, 0.5) is 11.6 Å². The summed E-state index contributed by atoms with van der Waals surface area (Å²) in [4.78, 5) is 45.3. The van der Waals surface area contributed by atoms with Crippen LogP contribution in [0, 0.1) is 0 Å². The number of nitrogens with zero attached hydrogens (tertiary/aromatic N) is 6. The Morgan fingerprint density at radius 1 is 1.19 bits per heavy atom. The van der Waals surface area contributed by atoms with Crippen LogP contribution in [0.3, 0.4) is 0 Å². The number of hydrogen-bond acceptors (Lipinski definition) is 11. The Balaban J connectivity index is 0.000000193. The summed E-state index contributed by atoms with van der Waals surface area (Å²) in [5, 5.41) is 3.66.